The Kier molecular flexibility index (Phi) is 4.31. The number of carbonyl (C=O) groups excluding carboxylic acids is 1. The fourth-order valence-electron chi connectivity index (χ4n) is 3.66. The van der Waals surface area contributed by atoms with E-state index >= 15 is 0 Å². The summed E-state index contributed by atoms with van der Waals surface area (Å²) < 4.78 is 0. The summed E-state index contributed by atoms with van der Waals surface area (Å²) in [6.45, 7) is 2.76. The zero-order valence-electron chi connectivity index (χ0n) is 12.2. The van der Waals surface area contributed by atoms with Crippen LogP contribution in [-0.2, 0) is 6.54 Å². The van der Waals surface area contributed by atoms with Crippen LogP contribution in [0.25, 0.3) is 0 Å². The van der Waals surface area contributed by atoms with Gasteiger partial charge in [-0.3, -0.25) is 15.1 Å². The minimum absolute atomic E-state index is 0.230. The van der Waals surface area contributed by atoms with Crippen LogP contribution in [0.4, 0.5) is 0 Å². The number of rotatable bonds is 3. The van der Waals surface area contributed by atoms with Gasteiger partial charge in [0.2, 0.25) is 0 Å². The molecule has 1 aliphatic carbocycles. The van der Waals surface area contributed by atoms with E-state index in [0.717, 1.165) is 45.3 Å². The highest BCUT2D eigenvalue weighted by Gasteiger charge is 2.42. The van der Waals surface area contributed by atoms with E-state index in [4.69, 9.17) is 5.84 Å². The number of carbonyl (C=O) groups is 1. The Balaban J connectivity index is 1.61. The lowest BCUT2D eigenvalue weighted by Gasteiger charge is -2.47. The number of amides is 1. The summed E-state index contributed by atoms with van der Waals surface area (Å²) >= 11 is 1.49. The van der Waals surface area contributed by atoms with Crippen molar-refractivity contribution in [2.24, 2.45) is 11.8 Å². The Bertz CT molecular complexity index is 519. The van der Waals surface area contributed by atoms with Crippen LogP contribution in [0.1, 0.15) is 46.7 Å². The van der Waals surface area contributed by atoms with E-state index in [-0.39, 0.29) is 5.91 Å². The van der Waals surface area contributed by atoms with Gasteiger partial charge in [-0.05, 0) is 31.4 Å². The lowest BCUT2D eigenvalue weighted by molar-refractivity contribution is -0.0966. The van der Waals surface area contributed by atoms with Gasteiger partial charge in [0.15, 0.2) is 0 Å². The lowest BCUT2D eigenvalue weighted by Crippen LogP contribution is -2.52. The van der Waals surface area contributed by atoms with Crippen molar-refractivity contribution in [1.82, 2.24) is 10.3 Å². The second kappa shape index (κ2) is 6.04. The average Bonchev–Trinajstić information content (AvgIpc) is 2.95. The molecule has 2 aliphatic rings. The molecule has 2 heterocycles. The van der Waals surface area contributed by atoms with Gasteiger partial charge in [0.05, 0.1) is 10.5 Å². The quantitative estimate of drug-likeness (QED) is 0.449. The standard InChI is InChI=1S/C15H23N3O2S/c16-17-14(19)13-5-4-12(21-13)10-18-8-7-15(20)6-2-1-3-11(15)9-18/h4-5,11,20H,1-3,6-10,16H2,(H,17,19). The topological polar surface area (TPSA) is 78.6 Å². The number of hydrogen-bond acceptors (Lipinski definition) is 5. The van der Waals surface area contributed by atoms with Crippen LogP contribution in [0.3, 0.4) is 0 Å². The maximum Gasteiger partial charge on any atom is 0.275 e. The first-order valence-electron chi connectivity index (χ1n) is 7.65. The highest BCUT2D eigenvalue weighted by molar-refractivity contribution is 7.14. The predicted molar refractivity (Wildman–Crippen MR) is 82.8 cm³/mol. The number of hydrazine groups is 1. The number of thiophene rings is 1. The van der Waals surface area contributed by atoms with Crippen LogP contribution in [0.15, 0.2) is 12.1 Å². The van der Waals surface area contributed by atoms with Crippen LogP contribution in [0.5, 0.6) is 0 Å². The largest absolute Gasteiger partial charge is 0.390 e. The number of nitrogens with zero attached hydrogens (tertiary/aromatic N) is 1. The predicted octanol–water partition coefficient (Wildman–Crippen LogP) is 1.48. The van der Waals surface area contributed by atoms with Crippen molar-refractivity contribution in [2.45, 2.75) is 44.2 Å². The summed E-state index contributed by atoms with van der Waals surface area (Å²) in [6.07, 6.45) is 5.37. The second-order valence-electron chi connectivity index (χ2n) is 6.27. The first-order valence-corrected chi connectivity index (χ1v) is 8.47. The maximum atomic E-state index is 11.5. The number of hydrogen-bond donors (Lipinski definition) is 3. The molecule has 1 saturated carbocycles. The molecule has 2 fully saturated rings. The third-order valence-corrected chi connectivity index (χ3v) is 5.98. The number of nitrogen functional groups attached to an aromatic ring is 1. The Morgan fingerprint density at radius 1 is 1.48 bits per heavy atom. The van der Waals surface area contributed by atoms with Gasteiger partial charge < -0.3 is 5.11 Å². The number of nitrogens with one attached hydrogen (secondary N) is 1. The van der Waals surface area contributed by atoms with E-state index in [2.05, 4.69) is 10.3 Å². The molecule has 2 atom stereocenters. The van der Waals surface area contributed by atoms with Crippen LogP contribution in [-0.4, -0.2) is 34.6 Å². The van der Waals surface area contributed by atoms with Gasteiger partial charge in [-0.15, -0.1) is 11.3 Å². The number of fused-ring (bicyclic) bond motifs is 1. The summed E-state index contributed by atoms with van der Waals surface area (Å²) in [5, 5.41) is 10.7. The molecule has 1 aromatic heterocycles. The number of nitrogens with two attached hydrogens (primary N) is 1. The molecule has 0 spiro atoms. The summed E-state index contributed by atoms with van der Waals surface area (Å²) in [4.78, 5) is 15.7. The summed E-state index contributed by atoms with van der Waals surface area (Å²) in [5.41, 5.74) is 1.74. The molecule has 2 unspecified atom stereocenters. The van der Waals surface area contributed by atoms with Gasteiger partial charge in [-0.1, -0.05) is 12.8 Å². The summed E-state index contributed by atoms with van der Waals surface area (Å²) in [7, 11) is 0. The van der Waals surface area contributed by atoms with Crippen LogP contribution in [0, 0.1) is 5.92 Å². The molecule has 116 valence electrons. The molecule has 21 heavy (non-hydrogen) atoms. The SMILES string of the molecule is NNC(=O)c1ccc(CN2CCC3(O)CCCCC3C2)s1. The third kappa shape index (κ3) is 3.13. The smallest absolute Gasteiger partial charge is 0.275 e. The Morgan fingerprint density at radius 2 is 2.33 bits per heavy atom. The number of likely N-dealkylation sites (tertiary alicyclic amines) is 1. The summed E-state index contributed by atoms with van der Waals surface area (Å²) in [6, 6.07) is 3.82. The van der Waals surface area contributed by atoms with E-state index in [9.17, 15) is 9.90 Å². The van der Waals surface area contributed by atoms with Crippen molar-refractivity contribution in [2.75, 3.05) is 13.1 Å². The van der Waals surface area contributed by atoms with Crippen LogP contribution < -0.4 is 11.3 Å². The molecule has 1 aromatic rings. The minimum atomic E-state index is -0.422. The molecule has 0 aromatic carbocycles. The monoisotopic (exact) mass is 309 g/mol. The molecule has 1 aliphatic heterocycles. The molecule has 1 amide bonds. The highest BCUT2D eigenvalue weighted by atomic mass is 32.1. The van der Waals surface area contributed by atoms with Crippen molar-refractivity contribution in [3.05, 3.63) is 21.9 Å². The fraction of sp³-hybridized carbons (Fsp3) is 0.667. The Labute approximate surface area is 129 Å². The first-order chi connectivity index (χ1) is 10.1. The van der Waals surface area contributed by atoms with Crippen LogP contribution in [0.2, 0.25) is 0 Å². The molecule has 0 radical (unpaired) electrons. The van der Waals surface area contributed by atoms with Crippen molar-refractivity contribution >= 4 is 17.2 Å². The molecule has 6 heteroatoms. The zero-order valence-corrected chi connectivity index (χ0v) is 13.0. The van der Waals surface area contributed by atoms with Crippen molar-refractivity contribution in [1.29, 1.82) is 0 Å². The number of aliphatic hydroxyl groups is 1. The van der Waals surface area contributed by atoms with Gasteiger partial charge >= 0.3 is 0 Å². The van der Waals surface area contributed by atoms with Gasteiger partial charge in [0.1, 0.15) is 0 Å². The highest BCUT2D eigenvalue weighted by Crippen LogP contribution is 2.40. The van der Waals surface area contributed by atoms with Gasteiger partial charge in [-0.2, -0.15) is 0 Å². The Hall–Kier alpha value is -0.950. The average molecular weight is 309 g/mol. The molecule has 4 N–H and O–H groups in total. The van der Waals surface area contributed by atoms with Crippen molar-refractivity contribution in [3.8, 4) is 0 Å². The molecule has 3 rings (SSSR count). The van der Waals surface area contributed by atoms with Gasteiger partial charge in [0, 0.05) is 30.4 Å². The van der Waals surface area contributed by atoms with Crippen molar-refractivity contribution < 1.29 is 9.90 Å². The van der Waals surface area contributed by atoms with E-state index in [1.54, 1.807) is 0 Å². The van der Waals surface area contributed by atoms with Gasteiger partial charge in [0.25, 0.3) is 5.91 Å². The number of piperidine rings is 1. The van der Waals surface area contributed by atoms with Crippen LogP contribution >= 0.6 is 11.3 Å². The third-order valence-electron chi connectivity index (χ3n) is 4.91. The zero-order chi connectivity index (χ0) is 14.9. The Morgan fingerprint density at radius 3 is 3.14 bits per heavy atom. The molecular formula is C15H23N3O2S. The molecular weight excluding hydrogens is 286 g/mol. The fourth-order valence-corrected chi connectivity index (χ4v) is 4.61. The molecule has 5 nitrogen and oxygen atoms in total. The normalized spacial score (nSPS) is 29.9. The lowest BCUT2D eigenvalue weighted by atomic mass is 9.71. The minimum Gasteiger partial charge on any atom is -0.390 e. The van der Waals surface area contributed by atoms with Gasteiger partial charge in [-0.25, -0.2) is 5.84 Å². The molecule has 0 bridgehead atoms. The van der Waals surface area contributed by atoms with E-state index in [1.165, 1.54) is 22.6 Å². The van der Waals surface area contributed by atoms with E-state index < -0.39 is 5.60 Å². The maximum absolute atomic E-state index is 11.5. The van der Waals surface area contributed by atoms with E-state index in [0.29, 0.717) is 10.8 Å². The second-order valence-corrected chi connectivity index (χ2v) is 7.44. The van der Waals surface area contributed by atoms with Crippen molar-refractivity contribution in [3.63, 3.8) is 0 Å². The molecule has 1 saturated heterocycles. The summed E-state index contributed by atoms with van der Waals surface area (Å²) in [5.74, 6) is 5.33. The first kappa shape index (κ1) is 15.0. The van der Waals surface area contributed by atoms with E-state index in [1.807, 2.05) is 12.1 Å².